The average Bonchev–Trinajstić information content (AvgIpc) is 3.11. The number of carbonyl (C=O) groups is 4. The second-order valence-electron chi connectivity index (χ2n) is 7.35. The van der Waals surface area contributed by atoms with E-state index in [0.717, 1.165) is 12.5 Å². The number of hydrogen-bond donors (Lipinski definition) is 0. The monoisotopic (exact) mass is 456 g/mol. The molecule has 0 saturated carbocycles. The van der Waals surface area contributed by atoms with Gasteiger partial charge in [-0.15, -0.1) is 0 Å². The molecule has 3 rings (SSSR count). The van der Waals surface area contributed by atoms with Gasteiger partial charge in [0.25, 0.3) is 0 Å². The molecule has 162 valence electrons. The van der Waals surface area contributed by atoms with Gasteiger partial charge in [0.15, 0.2) is 30.4 Å². The van der Waals surface area contributed by atoms with Crippen LogP contribution >= 0.6 is 0 Å². The molecule has 2 saturated heterocycles. The van der Waals surface area contributed by atoms with E-state index in [0.29, 0.717) is 9.80 Å². The third-order valence-corrected chi connectivity index (χ3v) is 7.53. The molecule has 2 atom stereocenters. The minimum absolute atomic E-state index is 0.00801. The summed E-state index contributed by atoms with van der Waals surface area (Å²) < 4.78 is 49.9. The van der Waals surface area contributed by atoms with Gasteiger partial charge in [-0.05, 0) is 17.2 Å². The molecule has 30 heavy (non-hydrogen) atoms. The standard InChI is InChI=1S/C18H20N2O8S2/c1-29(25,26)17(19-13(21)6-7-14(19)22)11-4-3-5-12(10-11)18(30(2,27)28)20-15(23)8-9-16(20)24/h3-5,10,17-18H,6-9H2,1-2H3. The molecule has 0 N–H and O–H groups in total. The number of sulfone groups is 2. The zero-order valence-electron chi connectivity index (χ0n) is 16.3. The van der Waals surface area contributed by atoms with Crippen molar-refractivity contribution in [1.29, 1.82) is 0 Å². The number of amides is 4. The van der Waals surface area contributed by atoms with Gasteiger partial charge in [0.1, 0.15) is 0 Å². The van der Waals surface area contributed by atoms with Gasteiger partial charge in [-0.1, -0.05) is 18.2 Å². The van der Waals surface area contributed by atoms with Gasteiger partial charge in [0, 0.05) is 38.2 Å². The highest BCUT2D eigenvalue weighted by molar-refractivity contribution is 7.91. The first kappa shape index (κ1) is 22.1. The summed E-state index contributed by atoms with van der Waals surface area (Å²) in [6.45, 7) is 0. The molecule has 4 amide bonds. The minimum Gasteiger partial charge on any atom is -0.274 e. The fourth-order valence-corrected chi connectivity index (χ4v) is 6.27. The predicted molar refractivity (Wildman–Crippen MR) is 104 cm³/mol. The van der Waals surface area contributed by atoms with Crippen molar-refractivity contribution in [2.75, 3.05) is 12.5 Å². The van der Waals surface area contributed by atoms with Crippen LogP contribution in [0.25, 0.3) is 0 Å². The molecule has 0 bridgehead atoms. The lowest BCUT2D eigenvalue weighted by molar-refractivity contribution is -0.140. The lowest BCUT2D eigenvalue weighted by Gasteiger charge is -2.28. The van der Waals surface area contributed by atoms with Crippen molar-refractivity contribution >= 4 is 43.3 Å². The Labute approximate surface area is 173 Å². The smallest absolute Gasteiger partial charge is 0.231 e. The van der Waals surface area contributed by atoms with E-state index in [1.807, 2.05) is 0 Å². The molecule has 2 aliphatic heterocycles. The molecule has 0 spiro atoms. The van der Waals surface area contributed by atoms with E-state index in [1.165, 1.54) is 24.3 Å². The molecule has 0 aliphatic carbocycles. The van der Waals surface area contributed by atoms with Crippen molar-refractivity contribution < 1.29 is 36.0 Å². The largest absolute Gasteiger partial charge is 0.274 e. The third kappa shape index (κ3) is 4.01. The normalized spacial score (nSPS) is 20.2. The van der Waals surface area contributed by atoms with Crippen LogP contribution in [0.2, 0.25) is 0 Å². The zero-order chi connectivity index (χ0) is 22.4. The molecule has 2 fully saturated rings. The van der Waals surface area contributed by atoms with Crippen LogP contribution in [0.5, 0.6) is 0 Å². The Hall–Kier alpha value is -2.60. The van der Waals surface area contributed by atoms with Crippen LogP contribution in [0.4, 0.5) is 0 Å². The fourth-order valence-electron chi connectivity index (χ4n) is 3.75. The highest BCUT2D eigenvalue weighted by atomic mass is 32.2. The SMILES string of the molecule is CS(=O)(=O)C(c1cccc(C(N2C(=O)CCC2=O)S(C)(=O)=O)c1)N1C(=O)CCC1=O. The first-order valence-corrected chi connectivity index (χ1v) is 12.9. The van der Waals surface area contributed by atoms with Gasteiger partial charge >= 0.3 is 0 Å². The van der Waals surface area contributed by atoms with Crippen molar-refractivity contribution in [3.8, 4) is 0 Å². The maximum absolute atomic E-state index is 12.5. The Bertz CT molecular complexity index is 1040. The van der Waals surface area contributed by atoms with Crippen LogP contribution in [0.3, 0.4) is 0 Å². The van der Waals surface area contributed by atoms with E-state index in [1.54, 1.807) is 0 Å². The summed E-state index contributed by atoms with van der Waals surface area (Å²) in [5, 5.41) is -3.27. The maximum atomic E-state index is 12.5. The van der Waals surface area contributed by atoms with Gasteiger partial charge in [-0.25, -0.2) is 16.8 Å². The molecule has 0 aromatic heterocycles. The number of rotatable bonds is 6. The van der Waals surface area contributed by atoms with Crippen molar-refractivity contribution in [1.82, 2.24) is 9.80 Å². The molecule has 0 radical (unpaired) electrons. The molecule has 1 aromatic rings. The van der Waals surface area contributed by atoms with Crippen molar-refractivity contribution in [3.05, 3.63) is 35.4 Å². The first-order chi connectivity index (χ1) is 13.8. The molecule has 2 aliphatic rings. The fraction of sp³-hybridized carbons (Fsp3) is 0.444. The van der Waals surface area contributed by atoms with E-state index >= 15 is 0 Å². The molecule has 10 nitrogen and oxygen atoms in total. The van der Waals surface area contributed by atoms with Gasteiger partial charge in [-0.2, -0.15) is 0 Å². The van der Waals surface area contributed by atoms with E-state index < -0.39 is 54.1 Å². The summed E-state index contributed by atoms with van der Waals surface area (Å²) in [5.41, 5.74) is -0.0160. The summed E-state index contributed by atoms with van der Waals surface area (Å²) in [7, 11) is -8.00. The number of carbonyl (C=O) groups excluding carboxylic acids is 4. The Morgan fingerprint density at radius 1 is 0.667 bits per heavy atom. The van der Waals surface area contributed by atoms with E-state index in [-0.39, 0.29) is 36.8 Å². The summed E-state index contributed by atoms with van der Waals surface area (Å²) in [6.07, 6.45) is 1.26. The Morgan fingerprint density at radius 3 is 1.23 bits per heavy atom. The Morgan fingerprint density at radius 2 is 0.967 bits per heavy atom. The Balaban J connectivity index is 2.15. The topological polar surface area (TPSA) is 143 Å². The lowest BCUT2D eigenvalue weighted by atomic mass is 10.1. The predicted octanol–water partition coefficient (Wildman–Crippen LogP) is 0.0710. The lowest BCUT2D eigenvalue weighted by Crippen LogP contribution is -2.39. The highest BCUT2D eigenvalue weighted by Gasteiger charge is 2.43. The summed E-state index contributed by atoms with van der Waals surface area (Å²) >= 11 is 0. The van der Waals surface area contributed by atoms with Crippen LogP contribution in [0, 0.1) is 0 Å². The Kier molecular flexibility index (Phi) is 5.58. The van der Waals surface area contributed by atoms with Gasteiger partial charge < -0.3 is 0 Å². The van der Waals surface area contributed by atoms with Crippen molar-refractivity contribution in [3.63, 3.8) is 0 Å². The van der Waals surface area contributed by atoms with E-state index in [4.69, 9.17) is 0 Å². The molecule has 2 unspecified atom stereocenters. The molecule has 12 heteroatoms. The van der Waals surface area contributed by atoms with Gasteiger partial charge in [0.05, 0.1) is 0 Å². The van der Waals surface area contributed by atoms with Crippen LogP contribution in [0.15, 0.2) is 24.3 Å². The highest BCUT2D eigenvalue weighted by Crippen LogP contribution is 2.36. The van der Waals surface area contributed by atoms with Gasteiger partial charge in [0.2, 0.25) is 23.6 Å². The zero-order valence-corrected chi connectivity index (χ0v) is 17.9. The molecule has 1 aromatic carbocycles. The van der Waals surface area contributed by atoms with E-state index in [2.05, 4.69) is 0 Å². The van der Waals surface area contributed by atoms with E-state index in [9.17, 15) is 36.0 Å². The summed E-state index contributed by atoms with van der Waals surface area (Å²) in [5.74, 6) is -2.59. The number of nitrogens with zero attached hydrogens (tertiary/aromatic N) is 2. The number of imide groups is 2. The van der Waals surface area contributed by atoms with Crippen molar-refractivity contribution in [2.24, 2.45) is 0 Å². The van der Waals surface area contributed by atoms with Crippen LogP contribution in [-0.2, 0) is 38.9 Å². The number of likely N-dealkylation sites (tertiary alicyclic amines) is 2. The maximum Gasteiger partial charge on any atom is 0.231 e. The molecular weight excluding hydrogens is 436 g/mol. The number of benzene rings is 1. The average molecular weight is 456 g/mol. The molecule has 2 heterocycles. The summed E-state index contributed by atoms with van der Waals surface area (Å²) in [4.78, 5) is 50.0. The summed E-state index contributed by atoms with van der Waals surface area (Å²) in [6, 6.07) is 5.26. The second kappa shape index (κ2) is 7.58. The van der Waals surface area contributed by atoms with Crippen LogP contribution < -0.4 is 0 Å². The van der Waals surface area contributed by atoms with Crippen molar-refractivity contribution in [2.45, 2.75) is 36.4 Å². The van der Waals surface area contributed by atoms with Crippen LogP contribution in [0.1, 0.15) is 47.6 Å². The first-order valence-electron chi connectivity index (χ1n) is 8.99. The van der Waals surface area contributed by atoms with Crippen LogP contribution in [-0.4, -0.2) is 62.8 Å². The van der Waals surface area contributed by atoms with Gasteiger partial charge in [-0.3, -0.25) is 29.0 Å². The minimum atomic E-state index is -4.00. The quantitative estimate of drug-likeness (QED) is 0.547. The number of hydrogen-bond acceptors (Lipinski definition) is 8. The second-order valence-corrected chi connectivity index (χ2v) is 11.6. The third-order valence-electron chi connectivity index (χ3n) is 4.94. The molecular formula is C18H20N2O8S2.